The highest BCUT2D eigenvalue weighted by molar-refractivity contribution is 7.18. The van der Waals surface area contributed by atoms with E-state index in [2.05, 4.69) is 53.2 Å². The Morgan fingerprint density at radius 3 is 2.73 bits per heavy atom. The highest BCUT2D eigenvalue weighted by atomic mass is 35.5. The molecule has 5 rings (SSSR count). The van der Waals surface area contributed by atoms with Gasteiger partial charge in [0.15, 0.2) is 0 Å². The summed E-state index contributed by atoms with van der Waals surface area (Å²) in [6.45, 7) is 13.2. The third kappa shape index (κ3) is 7.38. The normalized spacial score (nSPS) is 14.6. The molecule has 0 spiro atoms. The lowest BCUT2D eigenvalue weighted by Crippen LogP contribution is -2.29. The third-order valence-corrected chi connectivity index (χ3v) is 9.84. The van der Waals surface area contributed by atoms with E-state index < -0.39 is 8.07 Å². The molecule has 1 aromatic carbocycles. The van der Waals surface area contributed by atoms with Crippen molar-refractivity contribution in [2.45, 2.75) is 58.9 Å². The first-order valence-corrected chi connectivity index (χ1v) is 18.5. The summed E-state index contributed by atoms with van der Waals surface area (Å²) >= 11 is 7.59. The van der Waals surface area contributed by atoms with Gasteiger partial charge in [0.1, 0.15) is 29.8 Å². The second-order valence-electron chi connectivity index (χ2n) is 11.5. The van der Waals surface area contributed by atoms with Crippen LogP contribution in [0, 0.1) is 12.7 Å². The summed E-state index contributed by atoms with van der Waals surface area (Å²) in [6.07, 6.45) is 3.11. The van der Waals surface area contributed by atoms with Crippen molar-refractivity contribution in [2.75, 3.05) is 19.7 Å². The van der Waals surface area contributed by atoms with Gasteiger partial charge in [-0.25, -0.2) is 14.4 Å². The molecule has 0 aliphatic carbocycles. The van der Waals surface area contributed by atoms with E-state index in [1.807, 2.05) is 12.1 Å². The van der Waals surface area contributed by atoms with Crippen molar-refractivity contribution in [1.82, 2.24) is 19.4 Å². The summed E-state index contributed by atoms with van der Waals surface area (Å²) in [5.41, 5.74) is 3.69. The first-order valence-electron chi connectivity index (χ1n) is 13.6. The number of pyridine rings is 1. The minimum Gasteiger partial charge on any atom is -0.473 e. The maximum absolute atomic E-state index is 14.1. The number of hydrogen-bond donors (Lipinski definition) is 0. The summed E-state index contributed by atoms with van der Waals surface area (Å²) in [5, 5.41) is 0.365. The van der Waals surface area contributed by atoms with Crippen LogP contribution in [0.1, 0.15) is 28.4 Å². The lowest BCUT2D eigenvalue weighted by Gasteiger charge is -2.26. The topological polar surface area (TPSA) is 52.4 Å². The molecule has 4 aromatic rings. The molecule has 4 heterocycles. The Balaban J connectivity index is 1.22. The van der Waals surface area contributed by atoms with E-state index in [1.54, 1.807) is 29.5 Å². The van der Waals surface area contributed by atoms with E-state index in [9.17, 15) is 4.39 Å². The van der Waals surface area contributed by atoms with Crippen molar-refractivity contribution in [1.29, 1.82) is 0 Å². The van der Waals surface area contributed by atoms with Gasteiger partial charge < -0.3 is 14.0 Å². The van der Waals surface area contributed by atoms with Crippen LogP contribution in [0.2, 0.25) is 30.7 Å². The van der Waals surface area contributed by atoms with E-state index in [0.29, 0.717) is 23.2 Å². The molecule has 1 aliphatic heterocycles. The molecule has 0 saturated heterocycles. The smallest absolute Gasteiger partial charge is 0.214 e. The monoisotopic (exact) mass is 598 g/mol. The molecule has 0 saturated carbocycles. The number of hydrogen-bond acceptors (Lipinski definition) is 6. The molecular weight excluding hydrogens is 563 g/mol. The minimum atomic E-state index is -1.14. The van der Waals surface area contributed by atoms with Gasteiger partial charge in [0, 0.05) is 49.3 Å². The Bertz CT molecular complexity index is 1510. The molecule has 212 valence electrons. The lowest BCUT2D eigenvalue weighted by molar-refractivity contribution is 0.0859. The zero-order chi connectivity index (χ0) is 28.3. The van der Waals surface area contributed by atoms with Crippen molar-refractivity contribution < 1.29 is 13.9 Å². The molecule has 0 radical (unpaired) electrons. The predicted octanol–water partition coefficient (Wildman–Crippen LogP) is 7.77. The molecule has 0 bridgehead atoms. The van der Waals surface area contributed by atoms with Crippen molar-refractivity contribution in [3.05, 3.63) is 81.3 Å². The van der Waals surface area contributed by atoms with Crippen LogP contribution in [0.15, 0.2) is 48.5 Å². The van der Waals surface area contributed by atoms with Crippen LogP contribution in [0.25, 0.3) is 15.9 Å². The van der Waals surface area contributed by atoms with E-state index in [1.165, 1.54) is 22.0 Å². The van der Waals surface area contributed by atoms with Crippen LogP contribution in [-0.4, -0.2) is 47.2 Å². The average Bonchev–Trinajstić information content (AvgIpc) is 3.41. The van der Waals surface area contributed by atoms with Gasteiger partial charge in [0.2, 0.25) is 5.88 Å². The standard InChI is InChI=1S/C30H36ClFN4O2SSi/c1-21-16-27-30(39-21)34-28(36(27)20-37-14-15-40(2,3)4)18-35-12-10-22(11-13-35)26-6-5-7-29(33-26)38-19-23-8-9-24(31)17-25(23)32/h5-10,16-17H,11-15,18-20H2,1-4H3. The number of imidazole rings is 1. The number of fused-ring (bicyclic) bond motifs is 1. The number of aryl methyl sites for hydroxylation is 1. The van der Waals surface area contributed by atoms with Crippen molar-refractivity contribution in [2.24, 2.45) is 0 Å². The van der Waals surface area contributed by atoms with E-state index in [4.69, 9.17) is 26.1 Å². The fourth-order valence-corrected chi connectivity index (χ4v) is 6.45. The maximum Gasteiger partial charge on any atom is 0.214 e. The fraction of sp³-hybridized carbons (Fsp3) is 0.400. The van der Waals surface area contributed by atoms with Crippen molar-refractivity contribution in [3.63, 3.8) is 0 Å². The average molecular weight is 599 g/mol. The van der Waals surface area contributed by atoms with Crippen LogP contribution in [0.3, 0.4) is 0 Å². The highest BCUT2D eigenvalue weighted by Gasteiger charge is 2.20. The lowest BCUT2D eigenvalue weighted by atomic mass is 10.0. The van der Waals surface area contributed by atoms with E-state index in [-0.39, 0.29) is 12.4 Å². The fourth-order valence-electron chi connectivity index (χ4n) is 4.63. The summed E-state index contributed by atoms with van der Waals surface area (Å²) in [5.74, 6) is 1.14. The van der Waals surface area contributed by atoms with Crippen LogP contribution in [-0.2, 0) is 24.6 Å². The predicted molar refractivity (Wildman–Crippen MR) is 164 cm³/mol. The molecule has 0 atom stereocenters. The van der Waals surface area contributed by atoms with Crippen molar-refractivity contribution >= 4 is 46.9 Å². The first-order chi connectivity index (χ1) is 19.1. The van der Waals surface area contributed by atoms with Crippen LogP contribution >= 0.6 is 22.9 Å². The van der Waals surface area contributed by atoms with Gasteiger partial charge in [-0.1, -0.05) is 49.5 Å². The SMILES string of the molecule is Cc1cc2c(nc(CN3CC=C(c4cccc(OCc5ccc(Cl)cc5F)n4)CC3)n2COCC[Si](C)(C)C)s1. The number of aromatic nitrogens is 3. The number of benzene rings is 1. The molecule has 0 N–H and O–H groups in total. The van der Waals surface area contributed by atoms with Gasteiger partial charge in [-0.15, -0.1) is 11.3 Å². The molecule has 3 aromatic heterocycles. The van der Waals surface area contributed by atoms with Gasteiger partial charge in [-0.3, -0.25) is 4.90 Å². The van der Waals surface area contributed by atoms with Gasteiger partial charge in [-0.2, -0.15) is 0 Å². The second kappa shape index (κ2) is 12.5. The van der Waals surface area contributed by atoms with Gasteiger partial charge in [-0.05, 0) is 49.2 Å². The molecule has 0 unspecified atom stereocenters. The summed E-state index contributed by atoms with van der Waals surface area (Å²) in [7, 11) is -1.14. The van der Waals surface area contributed by atoms with Crippen LogP contribution in [0.5, 0.6) is 5.88 Å². The largest absolute Gasteiger partial charge is 0.473 e. The number of ether oxygens (including phenoxy) is 2. The van der Waals surface area contributed by atoms with Crippen molar-refractivity contribution in [3.8, 4) is 5.88 Å². The Kier molecular flexibility index (Phi) is 9.07. The molecule has 0 fully saturated rings. The Morgan fingerprint density at radius 1 is 1.12 bits per heavy atom. The van der Waals surface area contributed by atoms with Gasteiger partial charge in [0.25, 0.3) is 0 Å². The van der Waals surface area contributed by atoms with Gasteiger partial charge in [0.05, 0.1) is 17.8 Å². The third-order valence-electron chi connectivity index (χ3n) is 6.97. The summed E-state index contributed by atoms with van der Waals surface area (Å²) < 4.78 is 28.3. The molecular formula is C30H36ClFN4O2SSi. The number of rotatable bonds is 11. The number of nitrogens with zero attached hydrogens (tertiary/aromatic N) is 4. The van der Waals surface area contributed by atoms with Crippen LogP contribution in [0.4, 0.5) is 4.39 Å². The first kappa shape index (κ1) is 28.9. The van der Waals surface area contributed by atoms with E-state index in [0.717, 1.165) is 55.1 Å². The van der Waals surface area contributed by atoms with Crippen LogP contribution < -0.4 is 4.74 Å². The molecule has 1 aliphatic rings. The second-order valence-corrected chi connectivity index (χ2v) is 18.7. The molecule has 6 nitrogen and oxygen atoms in total. The number of halogens is 2. The van der Waals surface area contributed by atoms with E-state index >= 15 is 0 Å². The zero-order valence-corrected chi connectivity index (χ0v) is 26.1. The molecule has 10 heteroatoms. The summed E-state index contributed by atoms with van der Waals surface area (Å²) in [4.78, 5) is 14.4. The molecule has 40 heavy (non-hydrogen) atoms. The minimum absolute atomic E-state index is 0.0950. The Morgan fingerprint density at radius 2 is 1.98 bits per heavy atom. The zero-order valence-electron chi connectivity index (χ0n) is 23.5. The van der Waals surface area contributed by atoms with Gasteiger partial charge >= 0.3 is 0 Å². The highest BCUT2D eigenvalue weighted by Crippen LogP contribution is 2.28. The Labute approximate surface area is 245 Å². The molecule has 0 amide bonds. The summed E-state index contributed by atoms with van der Waals surface area (Å²) in [6, 6.07) is 13.7. The maximum atomic E-state index is 14.1. The quantitative estimate of drug-likeness (QED) is 0.130. The Hall–Kier alpha value is -2.56. The number of thiophene rings is 1.